The maximum atomic E-state index is 14.4. The number of hydrogen-bond donors (Lipinski definition) is 1. The number of rotatable bonds is 4. The summed E-state index contributed by atoms with van der Waals surface area (Å²) in [4.78, 5) is 8.82. The molecule has 0 bridgehead atoms. The van der Waals surface area contributed by atoms with Crippen LogP contribution in [0.25, 0.3) is 28.3 Å². The highest BCUT2D eigenvalue weighted by molar-refractivity contribution is 5.68. The van der Waals surface area contributed by atoms with E-state index in [0.717, 1.165) is 5.56 Å². The van der Waals surface area contributed by atoms with Crippen LogP contribution < -0.4 is 5.32 Å². The van der Waals surface area contributed by atoms with E-state index in [2.05, 4.69) is 31.6 Å². The summed E-state index contributed by atoms with van der Waals surface area (Å²) in [5.74, 6) is -0.1000. The predicted octanol–water partition coefficient (Wildman–Crippen LogP) is 2.91. The highest BCUT2D eigenvalue weighted by Gasteiger charge is 2.39. The van der Waals surface area contributed by atoms with Crippen molar-refractivity contribution in [1.82, 2.24) is 39.2 Å². The van der Waals surface area contributed by atoms with Crippen LogP contribution in [0.15, 0.2) is 37.1 Å². The van der Waals surface area contributed by atoms with Crippen molar-refractivity contribution in [2.75, 3.05) is 13.1 Å². The summed E-state index contributed by atoms with van der Waals surface area (Å²) in [6.45, 7) is 1.52. The van der Waals surface area contributed by atoms with E-state index in [4.69, 9.17) is 5.26 Å². The molecule has 9 nitrogen and oxygen atoms in total. The molecule has 33 heavy (non-hydrogen) atoms. The highest BCUT2D eigenvalue weighted by Crippen LogP contribution is 2.29. The van der Waals surface area contributed by atoms with Gasteiger partial charge in [-0.25, -0.2) is 9.97 Å². The Morgan fingerprint density at radius 3 is 2.42 bits per heavy atom. The van der Waals surface area contributed by atoms with Crippen LogP contribution >= 0.6 is 0 Å². The second-order valence-corrected chi connectivity index (χ2v) is 7.76. The summed E-state index contributed by atoms with van der Waals surface area (Å²) in [5, 5.41) is 21.0. The molecular formula is C20H19F4N9. The van der Waals surface area contributed by atoms with Gasteiger partial charge in [-0.3, -0.25) is 13.8 Å². The number of nitrogens with zero attached hydrogens (tertiary/aromatic N) is 8. The van der Waals surface area contributed by atoms with Crippen LogP contribution in [-0.2, 0) is 12.6 Å². The Balaban J connectivity index is 0.000000471. The smallest absolute Gasteiger partial charge is 0.312 e. The Hall–Kier alpha value is -3.79. The number of alkyl halides is 3. The summed E-state index contributed by atoms with van der Waals surface area (Å²) in [7, 11) is 1.82. The first-order chi connectivity index (χ1) is 15.6. The molecule has 0 aliphatic carbocycles. The first-order valence-electron chi connectivity index (χ1n) is 9.83. The lowest BCUT2D eigenvalue weighted by Crippen LogP contribution is -2.60. The van der Waals surface area contributed by atoms with Gasteiger partial charge < -0.3 is 5.32 Å². The molecule has 1 saturated heterocycles. The van der Waals surface area contributed by atoms with Crippen molar-refractivity contribution < 1.29 is 17.6 Å². The van der Waals surface area contributed by atoms with Gasteiger partial charge in [0.15, 0.2) is 5.82 Å². The van der Waals surface area contributed by atoms with Crippen LogP contribution in [0, 0.1) is 17.3 Å². The molecule has 0 atom stereocenters. The van der Waals surface area contributed by atoms with Crippen LogP contribution in [0.1, 0.15) is 13.3 Å². The summed E-state index contributed by atoms with van der Waals surface area (Å²) < 4.78 is 50.3. The largest absolute Gasteiger partial charge is 0.386 e. The lowest BCUT2D eigenvalue weighted by atomic mass is 9.89. The molecule has 1 aliphatic heterocycles. The van der Waals surface area contributed by atoms with Crippen molar-refractivity contribution in [1.29, 1.82) is 5.26 Å². The third-order valence-corrected chi connectivity index (χ3v) is 5.09. The fourth-order valence-corrected chi connectivity index (χ4v) is 3.50. The van der Waals surface area contributed by atoms with Gasteiger partial charge in [-0.05, 0) is 0 Å². The minimum atomic E-state index is -4.00. The molecule has 1 fully saturated rings. The van der Waals surface area contributed by atoms with E-state index in [0.29, 0.717) is 42.2 Å². The normalized spacial score (nSPS) is 14.9. The van der Waals surface area contributed by atoms with E-state index in [-0.39, 0.29) is 12.5 Å². The van der Waals surface area contributed by atoms with E-state index in [9.17, 15) is 17.6 Å². The summed E-state index contributed by atoms with van der Waals surface area (Å²) in [6.07, 6.45) is 4.52. The SMILES string of the molecule is CC(F)(F)F.Cn1cc(-c2cc3ncc(F)n3c(-c3cnn(C4(CC#N)CNC4)c3)n2)cn1. The first-order valence-corrected chi connectivity index (χ1v) is 9.83. The lowest BCUT2D eigenvalue weighted by Gasteiger charge is -2.41. The number of aromatic nitrogens is 7. The molecule has 172 valence electrons. The Labute approximate surface area is 185 Å². The summed E-state index contributed by atoms with van der Waals surface area (Å²) in [6, 6.07) is 3.95. The second-order valence-electron chi connectivity index (χ2n) is 7.76. The molecule has 0 amide bonds. The van der Waals surface area contributed by atoms with Crippen LogP contribution in [0.4, 0.5) is 17.6 Å². The van der Waals surface area contributed by atoms with Crippen LogP contribution in [0.5, 0.6) is 0 Å². The van der Waals surface area contributed by atoms with E-state index < -0.39 is 12.1 Å². The number of aryl methyl sites for hydroxylation is 1. The van der Waals surface area contributed by atoms with Crippen molar-refractivity contribution in [2.24, 2.45) is 7.05 Å². The predicted molar refractivity (Wildman–Crippen MR) is 109 cm³/mol. The molecule has 1 aliphatic rings. The highest BCUT2D eigenvalue weighted by atomic mass is 19.4. The van der Waals surface area contributed by atoms with Crippen molar-refractivity contribution in [3.05, 3.63) is 43.0 Å². The molecule has 0 saturated carbocycles. The maximum Gasteiger partial charge on any atom is 0.386 e. The van der Waals surface area contributed by atoms with Crippen LogP contribution in [-0.4, -0.2) is 53.2 Å². The number of imidazole rings is 1. The van der Waals surface area contributed by atoms with Gasteiger partial charge in [0.25, 0.3) is 0 Å². The number of nitriles is 1. The molecule has 5 heterocycles. The van der Waals surface area contributed by atoms with Crippen molar-refractivity contribution in [3.63, 3.8) is 0 Å². The lowest BCUT2D eigenvalue weighted by molar-refractivity contribution is -0.110. The zero-order chi connectivity index (χ0) is 23.8. The maximum absolute atomic E-state index is 14.4. The molecule has 4 aromatic rings. The molecule has 4 aromatic heterocycles. The number of fused-ring (bicyclic) bond motifs is 1. The minimum Gasteiger partial charge on any atom is -0.312 e. The number of hydrogen-bond acceptors (Lipinski definition) is 6. The van der Waals surface area contributed by atoms with Crippen LogP contribution in [0.2, 0.25) is 0 Å². The molecule has 1 N–H and O–H groups in total. The molecule has 0 radical (unpaired) electrons. The Bertz CT molecular complexity index is 1320. The van der Waals surface area contributed by atoms with Crippen molar-refractivity contribution >= 4 is 5.65 Å². The Kier molecular flexibility index (Phi) is 5.62. The molecule has 0 spiro atoms. The number of halogens is 4. The van der Waals surface area contributed by atoms with Gasteiger partial charge in [-0.2, -0.15) is 33.0 Å². The van der Waals surface area contributed by atoms with Gasteiger partial charge in [0, 0.05) is 51.1 Å². The monoisotopic (exact) mass is 461 g/mol. The molecule has 5 rings (SSSR count). The Morgan fingerprint density at radius 1 is 1.15 bits per heavy atom. The van der Waals surface area contributed by atoms with E-state index in [1.165, 1.54) is 10.6 Å². The Morgan fingerprint density at radius 2 is 1.85 bits per heavy atom. The molecule has 13 heteroatoms. The van der Waals surface area contributed by atoms with Crippen molar-refractivity contribution in [3.8, 4) is 28.7 Å². The van der Waals surface area contributed by atoms with E-state index in [1.54, 1.807) is 27.8 Å². The fourth-order valence-electron chi connectivity index (χ4n) is 3.50. The molecular weight excluding hydrogens is 442 g/mol. The van der Waals surface area contributed by atoms with Gasteiger partial charge >= 0.3 is 6.18 Å². The third kappa shape index (κ3) is 4.56. The minimum absolute atomic E-state index is 0.188. The zero-order valence-corrected chi connectivity index (χ0v) is 17.7. The van der Waals surface area contributed by atoms with Crippen LogP contribution in [0.3, 0.4) is 0 Å². The average molecular weight is 461 g/mol. The summed E-state index contributed by atoms with van der Waals surface area (Å²) >= 11 is 0. The van der Waals surface area contributed by atoms with Gasteiger partial charge in [-0.1, -0.05) is 0 Å². The third-order valence-electron chi connectivity index (χ3n) is 5.09. The quantitative estimate of drug-likeness (QED) is 0.469. The first kappa shape index (κ1) is 22.4. The molecule has 0 unspecified atom stereocenters. The zero-order valence-electron chi connectivity index (χ0n) is 17.7. The average Bonchev–Trinajstić information content (AvgIpc) is 3.43. The summed E-state index contributed by atoms with van der Waals surface area (Å²) in [5.41, 5.74) is 2.18. The van der Waals surface area contributed by atoms with Gasteiger partial charge in [0.2, 0.25) is 5.95 Å². The van der Waals surface area contributed by atoms with Crippen molar-refractivity contribution in [2.45, 2.75) is 25.1 Å². The van der Waals surface area contributed by atoms with E-state index >= 15 is 0 Å². The van der Waals surface area contributed by atoms with Gasteiger partial charge in [-0.15, -0.1) is 0 Å². The van der Waals surface area contributed by atoms with E-state index in [1.807, 2.05) is 19.4 Å². The number of nitrogens with one attached hydrogen (secondary N) is 1. The van der Waals surface area contributed by atoms with Gasteiger partial charge in [0.05, 0.1) is 42.3 Å². The van der Waals surface area contributed by atoms with Gasteiger partial charge in [0.1, 0.15) is 11.2 Å². The fraction of sp³-hybridized carbons (Fsp3) is 0.350. The standard InChI is InChI=1S/C18H16FN9.C2H3F3/c1-26-8-12(5-23-26)14-4-16-22-7-15(19)28(16)17(25-14)13-6-24-27(9-13)18(2-3-20)10-21-11-18;1-2(3,4)5/h4-9,21H,2,10-11H2,1H3;1H3. The molecule has 0 aromatic carbocycles. The topological polar surface area (TPSA) is 102 Å². The second kappa shape index (κ2) is 8.28.